The van der Waals surface area contributed by atoms with Crippen molar-refractivity contribution >= 4 is 33.5 Å². The number of rotatable bonds is 5. The van der Waals surface area contributed by atoms with Gasteiger partial charge in [-0.15, -0.1) is 0 Å². The zero-order chi connectivity index (χ0) is 20.9. The lowest BCUT2D eigenvalue weighted by atomic mass is 10.3. The fraction of sp³-hybridized carbons (Fsp3) is 0.105. The minimum absolute atomic E-state index is 0.0750. The number of oxime groups is 1. The maximum Gasteiger partial charge on any atom is 0.265 e. The number of sulfonamides is 1. The summed E-state index contributed by atoms with van der Waals surface area (Å²) in [6.07, 6.45) is 0. The standard InChI is InChI=1S/C19H18ClN5O3S/c1-13-12-14(2)22-18(21-13)23-19(24-28-15-8-4-3-5-9-15)25-29(26,27)17-11-7-6-10-16(17)20/h3-12H,1-2H3,(H2,21,22,23,24,25). The monoisotopic (exact) mass is 431 g/mol. The van der Waals surface area contributed by atoms with Crippen molar-refractivity contribution in [3.63, 3.8) is 0 Å². The molecule has 0 amide bonds. The van der Waals surface area contributed by atoms with Crippen LogP contribution in [0.2, 0.25) is 5.02 Å². The first-order valence-corrected chi connectivity index (χ1v) is 10.4. The molecule has 1 aromatic heterocycles. The van der Waals surface area contributed by atoms with E-state index in [2.05, 4.69) is 25.2 Å². The molecular weight excluding hydrogens is 414 g/mol. The van der Waals surface area contributed by atoms with Crippen molar-refractivity contribution in [2.24, 2.45) is 5.16 Å². The molecule has 0 aliphatic heterocycles. The number of para-hydroxylation sites is 1. The van der Waals surface area contributed by atoms with Gasteiger partial charge in [0.2, 0.25) is 5.95 Å². The van der Waals surface area contributed by atoms with E-state index in [4.69, 9.17) is 16.4 Å². The Morgan fingerprint density at radius 2 is 1.62 bits per heavy atom. The Labute approximate surface area is 173 Å². The van der Waals surface area contributed by atoms with Crippen LogP contribution in [0.15, 0.2) is 70.7 Å². The van der Waals surface area contributed by atoms with Gasteiger partial charge < -0.3 is 4.84 Å². The fourth-order valence-corrected chi connectivity index (χ4v) is 3.86. The van der Waals surface area contributed by atoms with Gasteiger partial charge in [0.25, 0.3) is 16.0 Å². The fourth-order valence-electron chi connectivity index (χ4n) is 2.38. The molecule has 150 valence electrons. The third-order valence-electron chi connectivity index (χ3n) is 3.56. The maximum atomic E-state index is 12.8. The normalized spacial score (nSPS) is 11.8. The summed E-state index contributed by atoms with van der Waals surface area (Å²) in [7, 11) is -4.05. The molecule has 0 saturated heterocycles. The molecule has 0 unspecified atom stereocenters. The van der Waals surface area contributed by atoms with E-state index in [-0.39, 0.29) is 21.8 Å². The molecule has 0 radical (unpaired) electrons. The summed E-state index contributed by atoms with van der Waals surface area (Å²) < 4.78 is 27.9. The molecule has 1 heterocycles. The highest BCUT2D eigenvalue weighted by atomic mass is 35.5. The highest BCUT2D eigenvalue weighted by Crippen LogP contribution is 2.20. The van der Waals surface area contributed by atoms with Gasteiger partial charge in [-0.1, -0.05) is 41.9 Å². The zero-order valence-electron chi connectivity index (χ0n) is 15.6. The first-order valence-electron chi connectivity index (χ1n) is 8.50. The van der Waals surface area contributed by atoms with Crippen LogP contribution < -0.4 is 14.9 Å². The SMILES string of the molecule is Cc1cc(C)nc(NC(=NOc2ccccc2)NS(=O)(=O)c2ccccc2Cl)n1. The minimum atomic E-state index is -4.05. The average Bonchev–Trinajstić information content (AvgIpc) is 2.66. The van der Waals surface area contributed by atoms with E-state index in [0.29, 0.717) is 17.1 Å². The van der Waals surface area contributed by atoms with Gasteiger partial charge in [0, 0.05) is 11.4 Å². The van der Waals surface area contributed by atoms with Crippen LogP contribution >= 0.6 is 11.6 Å². The number of benzene rings is 2. The van der Waals surface area contributed by atoms with Gasteiger partial charge in [0.15, 0.2) is 5.75 Å². The Balaban J connectivity index is 1.92. The largest absolute Gasteiger partial charge is 0.353 e. The lowest BCUT2D eigenvalue weighted by molar-refractivity contribution is 0.340. The van der Waals surface area contributed by atoms with Crippen molar-refractivity contribution in [2.45, 2.75) is 18.7 Å². The number of guanidine groups is 1. The van der Waals surface area contributed by atoms with E-state index in [1.807, 2.05) is 6.07 Å². The molecule has 10 heteroatoms. The molecule has 29 heavy (non-hydrogen) atoms. The molecule has 2 N–H and O–H groups in total. The number of nitrogens with zero attached hydrogens (tertiary/aromatic N) is 3. The van der Waals surface area contributed by atoms with Gasteiger partial charge in [-0.05, 0) is 49.3 Å². The van der Waals surface area contributed by atoms with Crippen LogP contribution in [0.3, 0.4) is 0 Å². The van der Waals surface area contributed by atoms with Crippen molar-refractivity contribution in [1.29, 1.82) is 0 Å². The number of halogens is 1. The van der Waals surface area contributed by atoms with Crippen LogP contribution in [0.5, 0.6) is 5.75 Å². The summed E-state index contributed by atoms with van der Waals surface area (Å²) in [6, 6.07) is 16.6. The summed E-state index contributed by atoms with van der Waals surface area (Å²) in [6.45, 7) is 3.59. The van der Waals surface area contributed by atoms with Crippen molar-refractivity contribution in [3.05, 3.63) is 77.1 Å². The second-order valence-electron chi connectivity index (χ2n) is 5.98. The van der Waals surface area contributed by atoms with Gasteiger partial charge in [-0.3, -0.25) is 5.32 Å². The predicted octanol–water partition coefficient (Wildman–Crippen LogP) is 3.49. The van der Waals surface area contributed by atoms with Crippen molar-refractivity contribution in [2.75, 3.05) is 5.32 Å². The Kier molecular flexibility index (Phi) is 6.30. The topological polar surface area (TPSA) is 106 Å². The molecule has 0 aliphatic rings. The third kappa shape index (κ3) is 5.66. The molecule has 0 bridgehead atoms. The lowest BCUT2D eigenvalue weighted by Gasteiger charge is -2.13. The zero-order valence-corrected chi connectivity index (χ0v) is 17.2. The van der Waals surface area contributed by atoms with Gasteiger partial charge in [0.1, 0.15) is 4.90 Å². The van der Waals surface area contributed by atoms with Crippen LogP contribution in [-0.4, -0.2) is 24.3 Å². The lowest BCUT2D eigenvalue weighted by Crippen LogP contribution is -2.37. The van der Waals surface area contributed by atoms with E-state index in [1.165, 1.54) is 12.1 Å². The van der Waals surface area contributed by atoms with E-state index in [9.17, 15) is 8.42 Å². The van der Waals surface area contributed by atoms with E-state index in [0.717, 1.165) is 0 Å². The summed E-state index contributed by atoms with van der Waals surface area (Å²) in [4.78, 5) is 13.7. The summed E-state index contributed by atoms with van der Waals surface area (Å²) in [5.74, 6) is 0.364. The molecule has 0 aliphatic carbocycles. The number of hydrogen-bond acceptors (Lipinski definition) is 6. The minimum Gasteiger partial charge on any atom is -0.353 e. The van der Waals surface area contributed by atoms with Crippen LogP contribution in [0.25, 0.3) is 0 Å². The van der Waals surface area contributed by atoms with E-state index in [1.54, 1.807) is 56.3 Å². The van der Waals surface area contributed by atoms with Crippen LogP contribution in [0.4, 0.5) is 5.95 Å². The smallest absolute Gasteiger partial charge is 0.265 e. The van der Waals surface area contributed by atoms with Crippen LogP contribution in [-0.2, 0) is 10.0 Å². The van der Waals surface area contributed by atoms with Crippen molar-refractivity contribution < 1.29 is 13.3 Å². The van der Waals surface area contributed by atoms with Crippen LogP contribution in [0.1, 0.15) is 11.4 Å². The number of nitrogens with one attached hydrogen (secondary N) is 2. The highest BCUT2D eigenvalue weighted by molar-refractivity contribution is 7.90. The van der Waals surface area contributed by atoms with Gasteiger partial charge in [-0.2, -0.15) is 0 Å². The molecule has 0 atom stereocenters. The number of aryl methyl sites for hydroxylation is 2. The predicted molar refractivity (Wildman–Crippen MR) is 111 cm³/mol. The summed E-state index contributed by atoms with van der Waals surface area (Å²) >= 11 is 6.03. The van der Waals surface area contributed by atoms with Crippen molar-refractivity contribution in [1.82, 2.24) is 14.7 Å². The average molecular weight is 432 g/mol. The second kappa shape index (κ2) is 8.89. The maximum absolute atomic E-state index is 12.8. The molecule has 3 rings (SSSR count). The second-order valence-corrected chi connectivity index (χ2v) is 8.04. The Bertz CT molecular complexity index is 1120. The molecule has 3 aromatic rings. The van der Waals surface area contributed by atoms with Gasteiger partial charge >= 0.3 is 0 Å². The summed E-state index contributed by atoms with van der Waals surface area (Å²) in [5.41, 5.74) is 1.41. The Morgan fingerprint density at radius 1 is 1.00 bits per heavy atom. The number of hydrogen-bond donors (Lipinski definition) is 2. The molecule has 8 nitrogen and oxygen atoms in total. The highest BCUT2D eigenvalue weighted by Gasteiger charge is 2.20. The Hall–Kier alpha value is -3.17. The quantitative estimate of drug-likeness (QED) is 0.364. The number of aromatic nitrogens is 2. The Morgan fingerprint density at radius 3 is 2.28 bits per heavy atom. The molecule has 0 saturated carbocycles. The van der Waals surface area contributed by atoms with E-state index >= 15 is 0 Å². The first-order chi connectivity index (χ1) is 13.8. The van der Waals surface area contributed by atoms with Gasteiger partial charge in [-0.25, -0.2) is 23.1 Å². The van der Waals surface area contributed by atoms with Crippen LogP contribution in [0, 0.1) is 13.8 Å². The molecule has 2 aromatic carbocycles. The first kappa shape index (κ1) is 20.6. The molecule has 0 fully saturated rings. The number of anilines is 1. The third-order valence-corrected chi connectivity index (χ3v) is 5.39. The summed E-state index contributed by atoms with van der Waals surface area (Å²) in [5, 5.41) is 6.70. The van der Waals surface area contributed by atoms with E-state index < -0.39 is 10.0 Å². The van der Waals surface area contributed by atoms with Crippen molar-refractivity contribution in [3.8, 4) is 5.75 Å². The van der Waals surface area contributed by atoms with Gasteiger partial charge in [0.05, 0.1) is 5.02 Å². The molecular formula is C19H18ClN5O3S. The molecule has 0 spiro atoms.